The van der Waals surface area contributed by atoms with Gasteiger partial charge in [-0.15, -0.1) is 6.58 Å². The molecule has 0 aliphatic heterocycles. The Balaban J connectivity index is 2.42. The monoisotopic (exact) mass is 440 g/mol. The van der Waals surface area contributed by atoms with Gasteiger partial charge in [0.2, 0.25) is 0 Å². The largest absolute Gasteiger partial charge is 0.465 e. The first-order valence-electron chi connectivity index (χ1n) is 10.3. The SMILES string of the molecule is C=CC[C@@]1(OC(=O)c2ccc(Cl)c(Cl)c2)CCC[C@@]1(CCCCC)C(=O)OCC. The van der Waals surface area contributed by atoms with E-state index >= 15 is 0 Å². The van der Waals surface area contributed by atoms with Crippen LogP contribution < -0.4 is 0 Å². The highest BCUT2D eigenvalue weighted by Crippen LogP contribution is 2.55. The lowest BCUT2D eigenvalue weighted by atomic mass is 9.69. The Kier molecular flexibility index (Phi) is 8.59. The molecule has 1 saturated carbocycles. The van der Waals surface area contributed by atoms with Crippen molar-refractivity contribution in [2.75, 3.05) is 6.61 Å². The molecule has 160 valence electrons. The van der Waals surface area contributed by atoms with Crippen LogP contribution in [0, 0.1) is 5.41 Å². The second-order valence-electron chi connectivity index (χ2n) is 7.62. The van der Waals surface area contributed by atoms with Gasteiger partial charge in [-0.3, -0.25) is 4.79 Å². The fourth-order valence-electron chi connectivity index (χ4n) is 4.41. The number of hydrogen-bond acceptors (Lipinski definition) is 4. The third-order valence-electron chi connectivity index (χ3n) is 5.85. The molecule has 6 heteroatoms. The summed E-state index contributed by atoms with van der Waals surface area (Å²) in [7, 11) is 0. The van der Waals surface area contributed by atoms with E-state index in [9.17, 15) is 9.59 Å². The third-order valence-corrected chi connectivity index (χ3v) is 6.59. The van der Waals surface area contributed by atoms with Gasteiger partial charge in [0.15, 0.2) is 0 Å². The van der Waals surface area contributed by atoms with Gasteiger partial charge in [0, 0.05) is 6.42 Å². The number of halogens is 2. The van der Waals surface area contributed by atoms with E-state index in [-0.39, 0.29) is 11.0 Å². The quantitative estimate of drug-likeness (QED) is 0.228. The Labute approximate surface area is 183 Å². The van der Waals surface area contributed by atoms with Gasteiger partial charge in [0.25, 0.3) is 0 Å². The molecule has 1 aromatic rings. The summed E-state index contributed by atoms with van der Waals surface area (Å²) in [4.78, 5) is 26.2. The van der Waals surface area contributed by atoms with E-state index in [1.54, 1.807) is 25.1 Å². The van der Waals surface area contributed by atoms with Crippen LogP contribution in [0.5, 0.6) is 0 Å². The zero-order chi connectivity index (χ0) is 21.5. The normalized spacial score (nSPS) is 23.6. The van der Waals surface area contributed by atoms with Gasteiger partial charge < -0.3 is 9.47 Å². The first-order valence-corrected chi connectivity index (χ1v) is 11.1. The van der Waals surface area contributed by atoms with E-state index in [1.807, 2.05) is 0 Å². The number of carbonyl (C=O) groups is 2. The van der Waals surface area contributed by atoms with Gasteiger partial charge in [-0.1, -0.05) is 55.5 Å². The summed E-state index contributed by atoms with van der Waals surface area (Å²) in [6.07, 6.45) is 7.68. The molecular weight excluding hydrogens is 411 g/mol. The van der Waals surface area contributed by atoms with Crippen molar-refractivity contribution in [2.45, 2.75) is 70.8 Å². The lowest BCUT2D eigenvalue weighted by molar-refractivity contribution is -0.173. The number of unbranched alkanes of at least 4 members (excludes halogenated alkanes) is 2. The van der Waals surface area contributed by atoms with Crippen molar-refractivity contribution in [3.05, 3.63) is 46.5 Å². The van der Waals surface area contributed by atoms with Gasteiger partial charge in [0.1, 0.15) is 11.0 Å². The number of benzene rings is 1. The summed E-state index contributed by atoms with van der Waals surface area (Å²) in [5.41, 5.74) is -1.53. The summed E-state index contributed by atoms with van der Waals surface area (Å²) in [5, 5.41) is 0.648. The van der Waals surface area contributed by atoms with Crippen LogP contribution in [0.1, 0.15) is 75.6 Å². The molecule has 0 amide bonds. The van der Waals surface area contributed by atoms with E-state index in [4.69, 9.17) is 32.7 Å². The summed E-state index contributed by atoms with van der Waals surface area (Å²) >= 11 is 12.0. The van der Waals surface area contributed by atoms with Crippen LogP contribution >= 0.6 is 23.2 Å². The fourth-order valence-corrected chi connectivity index (χ4v) is 4.71. The van der Waals surface area contributed by atoms with E-state index < -0.39 is 17.0 Å². The second-order valence-corrected chi connectivity index (χ2v) is 8.43. The Morgan fingerprint density at radius 3 is 2.55 bits per heavy atom. The van der Waals surface area contributed by atoms with Crippen molar-refractivity contribution in [2.24, 2.45) is 5.41 Å². The molecule has 1 aliphatic carbocycles. The van der Waals surface area contributed by atoms with Crippen molar-refractivity contribution in [1.82, 2.24) is 0 Å². The molecule has 0 spiro atoms. The Hall–Kier alpha value is -1.52. The van der Waals surface area contributed by atoms with Crippen LogP contribution in [0.25, 0.3) is 0 Å². The standard InChI is InChI=1S/C23H30Cl2O4/c1-4-7-8-13-22(21(27)28-6-3)14-9-15-23(22,12-5-2)29-20(26)17-10-11-18(24)19(25)16-17/h5,10-11,16H,2,4,6-9,12-15H2,1,3H3/t22-,23+/m0/s1. The van der Waals surface area contributed by atoms with Crippen molar-refractivity contribution < 1.29 is 19.1 Å². The number of rotatable bonds is 10. The van der Waals surface area contributed by atoms with Crippen LogP contribution in [0.3, 0.4) is 0 Å². The molecule has 0 N–H and O–H groups in total. The predicted molar refractivity (Wildman–Crippen MR) is 116 cm³/mol. The highest BCUT2D eigenvalue weighted by atomic mass is 35.5. The fraction of sp³-hybridized carbons (Fsp3) is 0.565. The molecule has 0 radical (unpaired) electrons. The Bertz CT molecular complexity index is 748. The first-order chi connectivity index (χ1) is 13.9. The minimum absolute atomic E-state index is 0.280. The molecule has 2 atom stereocenters. The lowest BCUT2D eigenvalue weighted by Crippen LogP contribution is -2.52. The first kappa shape index (κ1) is 23.8. The lowest BCUT2D eigenvalue weighted by Gasteiger charge is -2.43. The van der Waals surface area contributed by atoms with Gasteiger partial charge in [0.05, 0.1) is 22.2 Å². The molecule has 4 nitrogen and oxygen atoms in total. The number of ether oxygens (including phenoxy) is 2. The average molecular weight is 441 g/mol. The van der Waals surface area contributed by atoms with Crippen molar-refractivity contribution in [3.63, 3.8) is 0 Å². The molecule has 0 bridgehead atoms. The Morgan fingerprint density at radius 2 is 1.93 bits per heavy atom. The molecule has 1 aromatic carbocycles. The second kappa shape index (κ2) is 10.5. The summed E-state index contributed by atoms with van der Waals surface area (Å²) < 4.78 is 11.6. The van der Waals surface area contributed by atoms with E-state index in [2.05, 4.69) is 13.5 Å². The topological polar surface area (TPSA) is 52.6 Å². The number of esters is 2. The molecule has 1 aliphatic rings. The maximum atomic E-state index is 13.2. The zero-order valence-corrected chi connectivity index (χ0v) is 18.8. The summed E-state index contributed by atoms with van der Waals surface area (Å²) in [6, 6.07) is 4.64. The molecule has 0 unspecified atom stereocenters. The van der Waals surface area contributed by atoms with Crippen molar-refractivity contribution in [1.29, 1.82) is 0 Å². The van der Waals surface area contributed by atoms with Gasteiger partial charge in [-0.05, 0) is 50.8 Å². The van der Waals surface area contributed by atoms with Gasteiger partial charge in [-0.2, -0.15) is 0 Å². The Morgan fingerprint density at radius 1 is 1.17 bits per heavy atom. The third kappa shape index (κ3) is 4.97. The number of carbonyl (C=O) groups excluding carboxylic acids is 2. The average Bonchev–Trinajstić information content (AvgIpc) is 3.03. The maximum absolute atomic E-state index is 13.2. The molecule has 1 fully saturated rings. The van der Waals surface area contributed by atoms with Crippen molar-refractivity contribution in [3.8, 4) is 0 Å². The zero-order valence-electron chi connectivity index (χ0n) is 17.3. The molecule has 0 heterocycles. The molecule has 0 saturated heterocycles. The number of hydrogen-bond donors (Lipinski definition) is 0. The van der Waals surface area contributed by atoms with Crippen LogP contribution in [-0.4, -0.2) is 24.1 Å². The molecule has 2 rings (SSSR count). The molecule has 29 heavy (non-hydrogen) atoms. The van der Waals surface area contributed by atoms with Gasteiger partial charge in [-0.25, -0.2) is 4.79 Å². The highest BCUT2D eigenvalue weighted by molar-refractivity contribution is 6.42. The van der Waals surface area contributed by atoms with E-state index in [1.165, 1.54) is 6.07 Å². The smallest absolute Gasteiger partial charge is 0.338 e. The molecule has 0 aromatic heterocycles. The minimum Gasteiger partial charge on any atom is -0.465 e. The minimum atomic E-state index is -0.974. The van der Waals surface area contributed by atoms with Crippen LogP contribution in [0.15, 0.2) is 30.9 Å². The van der Waals surface area contributed by atoms with E-state index in [0.29, 0.717) is 42.9 Å². The van der Waals surface area contributed by atoms with Crippen LogP contribution in [-0.2, 0) is 14.3 Å². The van der Waals surface area contributed by atoms with Crippen LogP contribution in [0.2, 0.25) is 10.0 Å². The van der Waals surface area contributed by atoms with Crippen LogP contribution in [0.4, 0.5) is 0 Å². The summed E-state index contributed by atoms with van der Waals surface area (Å²) in [5.74, 6) is -0.797. The van der Waals surface area contributed by atoms with E-state index in [0.717, 1.165) is 25.7 Å². The highest BCUT2D eigenvalue weighted by Gasteiger charge is 2.62. The van der Waals surface area contributed by atoms with Gasteiger partial charge >= 0.3 is 11.9 Å². The van der Waals surface area contributed by atoms with Crippen molar-refractivity contribution >= 4 is 35.1 Å². The summed E-state index contributed by atoms with van der Waals surface area (Å²) in [6.45, 7) is 8.06. The maximum Gasteiger partial charge on any atom is 0.338 e. The molecular formula is C23H30Cl2O4. The predicted octanol–water partition coefficient (Wildman–Crippen LogP) is 6.78.